The lowest BCUT2D eigenvalue weighted by atomic mass is 9.50. The molecule has 3 aliphatic carbocycles. The zero-order chi connectivity index (χ0) is 26.3. The summed E-state index contributed by atoms with van der Waals surface area (Å²) in [6, 6.07) is 2.18. The first-order chi connectivity index (χ1) is 17.9. The Kier molecular flexibility index (Phi) is 10.9. The summed E-state index contributed by atoms with van der Waals surface area (Å²) >= 11 is 5.79. The Balaban J connectivity index is 1.88. The molecule has 0 radical (unpaired) electrons. The van der Waals surface area contributed by atoms with Gasteiger partial charge in [-0.1, -0.05) is 71.6 Å². The minimum atomic E-state index is -2.92. The lowest BCUT2D eigenvalue weighted by molar-refractivity contribution is 0.0205. The van der Waals surface area contributed by atoms with Crippen molar-refractivity contribution in [2.24, 2.45) is 17.8 Å². The molecule has 0 unspecified atom stereocenters. The highest BCUT2D eigenvalue weighted by Gasteiger charge is 2.53. The van der Waals surface area contributed by atoms with Crippen molar-refractivity contribution in [2.45, 2.75) is 135 Å². The van der Waals surface area contributed by atoms with E-state index in [-0.39, 0.29) is 11.3 Å². The Hall–Kier alpha value is -0.550. The first-order valence-electron chi connectivity index (χ1n) is 15.4. The van der Waals surface area contributed by atoms with Crippen molar-refractivity contribution >= 4 is 18.5 Å². The van der Waals surface area contributed by atoms with E-state index in [4.69, 9.17) is 35.3 Å². The van der Waals surface area contributed by atoms with Crippen molar-refractivity contribution in [3.63, 3.8) is 0 Å². The molecular formula is C30H51N2O3PS. The molecule has 1 aromatic rings. The van der Waals surface area contributed by atoms with Crippen molar-refractivity contribution in [2.75, 3.05) is 13.2 Å². The fourth-order valence-electron chi connectivity index (χ4n) is 7.86. The van der Waals surface area contributed by atoms with Crippen molar-refractivity contribution in [3.05, 3.63) is 17.6 Å². The molecule has 1 heterocycles. The van der Waals surface area contributed by atoms with Crippen LogP contribution in [-0.2, 0) is 26.3 Å². The van der Waals surface area contributed by atoms with Crippen LogP contribution in [0.2, 0.25) is 0 Å². The van der Waals surface area contributed by atoms with E-state index in [2.05, 4.69) is 19.9 Å². The van der Waals surface area contributed by atoms with Crippen LogP contribution in [0, 0.1) is 17.8 Å². The minimum Gasteiger partial charge on any atom is -0.406 e. The summed E-state index contributed by atoms with van der Waals surface area (Å²) in [6.45, 7) is 6.26. The largest absolute Gasteiger partial charge is 0.406 e. The highest BCUT2D eigenvalue weighted by molar-refractivity contribution is 8.07. The SMILES string of the molecule is CCOP(=S)(OCC)Oc1cc(C(C2CCCCC2)(C2CCCCC2)C2CCCCC2)nc(C(C)C)n1. The maximum atomic E-state index is 6.40. The van der Waals surface area contributed by atoms with Crippen LogP contribution in [0.5, 0.6) is 5.88 Å². The molecule has 37 heavy (non-hydrogen) atoms. The van der Waals surface area contributed by atoms with Gasteiger partial charge in [0.05, 0.1) is 18.9 Å². The average molecular weight is 551 g/mol. The summed E-state index contributed by atoms with van der Waals surface area (Å²) in [5.41, 5.74) is 1.35. The number of hydrogen-bond acceptors (Lipinski definition) is 6. The lowest BCUT2D eigenvalue weighted by Gasteiger charge is -2.54. The predicted octanol–water partition coefficient (Wildman–Crippen LogP) is 9.26. The van der Waals surface area contributed by atoms with Crippen LogP contribution in [0.1, 0.15) is 141 Å². The Morgan fingerprint density at radius 2 is 1.22 bits per heavy atom. The Morgan fingerprint density at radius 3 is 1.59 bits per heavy atom. The molecule has 0 aliphatic heterocycles. The summed E-state index contributed by atoms with van der Waals surface area (Å²) in [6.07, 6.45) is 20.3. The zero-order valence-electron chi connectivity index (χ0n) is 23.9. The quantitative estimate of drug-likeness (QED) is 0.256. The van der Waals surface area contributed by atoms with Gasteiger partial charge in [0.15, 0.2) is 0 Å². The summed E-state index contributed by atoms with van der Waals surface area (Å²) in [4.78, 5) is 10.4. The summed E-state index contributed by atoms with van der Waals surface area (Å²) in [5, 5.41) is 0. The Bertz CT molecular complexity index is 837. The van der Waals surface area contributed by atoms with Gasteiger partial charge >= 0.3 is 6.72 Å². The number of rotatable bonds is 11. The molecular weight excluding hydrogens is 499 g/mol. The van der Waals surface area contributed by atoms with Crippen LogP contribution in [-0.4, -0.2) is 23.2 Å². The highest BCUT2D eigenvalue weighted by Crippen LogP contribution is 2.58. The van der Waals surface area contributed by atoms with Gasteiger partial charge in [0.2, 0.25) is 5.88 Å². The molecule has 0 bridgehead atoms. The molecule has 4 rings (SSSR count). The van der Waals surface area contributed by atoms with Gasteiger partial charge in [-0.2, -0.15) is 4.98 Å². The van der Waals surface area contributed by atoms with Gasteiger partial charge in [0.25, 0.3) is 0 Å². The topological polar surface area (TPSA) is 53.5 Å². The molecule has 1 aromatic heterocycles. The second-order valence-electron chi connectivity index (χ2n) is 11.9. The molecule has 0 saturated heterocycles. The Morgan fingerprint density at radius 1 is 0.784 bits per heavy atom. The van der Waals surface area contributed by atoms with E-state index in [0.717, 1.165) is 5.82 Å². The van der Waals surface area contributed by atoms with E-state index in [0.29, 0.717) is 36.8 Å². The molecule has 3 fully saturated rings. The molecule has 210 valence electrons. The fraction of sp³-hybridized carbons (Fsp3) is 0.867. The van der Waals surface area contributed by atoms with Crippen LogP contribution in [0.25, 0.3) is 0 Å². The average Bonchev–Trinajstić information content (AvgIpc) is 2.91. The number of aromatic nitrogens is 2. The summed E-state index contributed by atoms with van der Waals surface area (Å²) in [7, 11) is 0. The van der Waals surface area contributed by atoms with E-state index >= 15 is 0 Å². The van der Waals surface area contributed by atoms with Crippen molar-refractivity contribution < 1.29 is 13.6 Å². The van der Waals surface area contributed by atoms with Crippen LogP contribution in [0.3, 0.4) is 0 Å². The number of nitrogens with zero attached hydrogens (tertiary/aromatic N) is 2. The molecule has 3 saturated carbocycles. The first kappa shape index (κ1) is 29.4. The molecule has 0 aromatic carbocycles. The van der Waals surface area contributed by atoms with Crippen LogP contribution in [0.4, 0.5) is 0 Å². The van der Waals surface area contributed by atoms with E-state index in [1.54, 1.807) is 0 Å². The normalized spacial score (nSPS) is 21.4. The van der Waals surface area contributed by atoms with Gasteiger partial charge in [0, 0.05) is 29.2 Å². The molecule has 5 nitrogen and oxygen atoms in total. The van der Waals surface area contributed by atoms with Crippen molar-refractivity contribution in [3.8, 4) is 5.88 Å². The van der Waals surface area contributed by atoms with Crippen molar-refractivity contribution in [1.29, 1.82) is 0 Å². The van der Waals surface area contributed by atoms with E-state index < -0.39 is 6.72 Å². The third kappa shape index (κ3) is 6.79. The van der Waals surface area contributed by atoms with E-state index in [1.807, 2.05) is 13.8 Å². The lowest BCUT2D eigenvalue weighted by Crippen LogP contribution is -2.51. The van der Waals surface area contributed by atoms with Gasteiger partial charge in [-0.25, -0.2) is 4.98 Å². The molecule has 0 atom stereocenters. The van der Waals surface area contributed by atoms with Crippen LogP contribution >= 0.6 is 6.72 Å². The van der Waals surface area contributed by atoms with Gasteiger partial charge in [0.1, 0.15) is 5.82 Å². The summed E-state index contributed by atoms with van der Waals surface area (Å²) < 4.78 is 18.1. The van der Waals surface area contributed by atoms with Gasteiger partial charge in [-0.15, -0.1) is 0 Å². The predicted molar refractivity (Wildman–Crippen MR) is 156 cm³/mol. The fourth-order valence-corrected chi connectivity index (χ4v) is 9.86. The van der Waals surface area contributed by atoms with Crippen molar-refractivity contribution in [1.82, 2.24) is 9.97 Å². The maximum absolute atomic E-state index is 6.40. The van der Waals surface area contributed by atoms with Gasteiger partial charge in [-0.05, 0) is 70.1 Å². The van der Waals surface area contributed by atoms with Gasteiger partial charge in [-0.3, -0.25) is 9.05 Å². The second-order valence-corrected chi connectivity index (χ2v) is 14.9. The third-order valence-electron chi connectivity index (χ3n) is 9.30. The third-order valence-corrected chi connectivity index (χ3v) is 11.7. The molecule has 3 aliphatic rings. The zero-order valence-corrected chi connectivity index (χ0v) is 25.6. The van der Waals surface area contributed by atoms with E-state index in [9.17, 15) is 0 Å². The molecule has 0 N–H and O–H groups in total. The molecule has 0 amide bonds. The smallest absolute Gasteiger partial charge is 0.381 e. The second kappa shape index (κ2) is 13.7. The minimum absolute atomic E-state index is 0.103. The van der Waals surface area contributed by atoms with Crippen LogP contribution in [0.15, 0.2) is 6.07 Å². The molecule has 0 spiro atoms. The summed E-state index contributed by atoms with van der Waals surface area (Å²) in [5.74, 6) is 3.71. The van der Waals surface area contributed by atoms with E-state index in [1.165, 1.54) is 102 Å². The monoisotopic (exact) mass is 550 g/mol. The Labute approximate surface area is 231 Å². The first-order valence-corrected chi connectivity index (χ1v) is 18.0. The maximum Gasteiger partial charge on any atom is 0.381 e. The van der Waals surface area contributed by atoms with Gasteiger partial charge < -0.3 is 4.52 Å². The number of hydrogen-bond donors (Lipinski definition) is 0. The highest BCUT2D eigenvalue weighted by atomic mass is 32.5. The standard InChI is InChI=1S/C30H51N2O3PS/c1-5-33-36(37,34-6-2)35-28-22-27(31-29(32-28)23(3)4)30(24-16-10-7-11-17-24,25-18-12-8-13-19-25)26-20-14-9-15-21-26/h22-26H,5-21H2,1-4H3. The van der Waals surface area contributed by atoms with Crippen LogP contribution < -0.4 is 4.52 Å². The molecule has 7 heteroatoms.